The van der Waals surface area contributed by atoms with Crippen LogP contribution in [0, 0.1) is 0 Å². The summed E-state index contributed by atoms with van der Waals surface area (Å²) in [4.78, 5) is 13.5. The molecule has 0 spiro atoms. The van der Waals surface area contributed by atoms with Crippen LogP contribution in [0.2, 0.25) is 0 Å². The molecule has 0 aliphatic carbocycles. The summed E-state index contributed by atoms with van der Waals surface area (Å²) in [5.74, 6) is 0.113. The number of nitrogens with one attached hydrogen (secondary N) is 1. The van der Waals surface area contributed by atoms with Gasteiger partial charge in [-0.05, 0) is 26.7 Å². The van der Waals surface area contributed by atoms with E-state index >= 15 is 0 Å². The lowest BCUT2D eigenvalue weighted by molar-refractivity contribution is -0.133. The Kier molecular flexibility index (Phi) is 3.69. The summed E-state index contributed by atoms with van der Waals surface area (Å²) in [5.41, 5.74) is 0. The first-order valence-corrected chi connectivity index (χ1v) is 4.92. The summed E-state index contributed by atoms with van der Waals surface area (Å²) in [6.07, 6.45) is 0.929. The summed E-state index contributed by atoms with van der Waals surface area (Å²) in [6.45, 7) is 5.41. The number of carbonyl (C=O) groups is 1. The molecule has 0 bridgehead atoms. The zero-order valence-corrected chi connectivity index (χ0v) is 8.29. The molecule has 0 radical (unpaired) electrons. The van der Waals surface area contributed by atoms with E-state index in [-0.39, 0.29) is 11.9 Å². The second kappa shape index (κ2) is 4.58. The second-order valence-corrected chi connectivity index (χ2v) is 3.32. The minimum Gasteiger partial charge on any atom is -0.379 e. The van der Waals surface area contributed by atoms with Crippen LogP contribution in [-0.2, 0) is 4.79 Å². The van der Waals surface area contributed by atoms with E-state index in [2.05, 4.69) is 5.32 Å². The van der Waals surface area contributed by atoms with Gasteiger partial charge in [-0.2, -0.15) is 0 Å². The summed E-state index contributed by atoms with van der Waals surface area (Å²) < 4.78 is 0. The molecule has 76 valence electrons. The van der Waals surface area contributed by atoms with Crippen molar-refractivity contribution in [2.75, 3.05) is 13.1 Å². The highest BCUT2D eigenvalue weighted by atomic mass is 16.3. The van der Waals surface area contributed by atoms with Crippen molar-refractivity contribution >= 4 is 5.91 Å². The fourth-order valence-corrected chi connectivity index (χ4v) is 1.67. The molecule has 1 fully saturated rings. The Morgan fingerprint density at radius 2 is 2.08 bits per heavy atom. The van der Waals surface area contributed by atoms with E-state index in [0.717, 1.165) is 19.5 Å². The van der Waals surface area contributed by atoms with Gasteiger partial charge in [0.05, 0.1) is 6.04 Å². The minimum absolute atomic E-state index is 0.113. The van der Waals surface area contributed by atoms with Crippen molar-refractivity contribution in [2.45, 2.75) is 39.0 Å². The van der Waals surface area contributed by atoms with Crippen LogP contribution in [0.1, 0.15) is 26.7 Å². The van der Waals surface area contributed by atoms with E-state index in [1.54, 1.807) is 4.90 Å². The van der Waals surface area contributed by atoms with Crippen LogP contribution in [0.15, 0.2) is 0 Å². The smallest absolute Gasteiger partial charge is 0.239 e. The van der Waals surface area contributed by atoms with Crippen LogP contribution in [0.25, 0.3) is 0 Å². The fourth-order valence-electron chi connectivity index (χ4n) is 1.67. The number of aliphatic hydroxyl groups excluding tert-OH is 1. The summed E-state index contributed by atoms with van der Waals surface area (Å²) in [6, 6.07) is -0.171. The molecule has 1 saturated heterocycles. The maximum Gasteiger partial charge on any atom is 0.239 e. The molecular formula is C9H18N2O2. The van der Waals surface area contributed by atoms with Crippen LogP contribution in [0.3, 0.4) is 0 Å². The lowest BCUT2D eigenvalue weighted by atomic mass is 10.2. The molecule has 1 amide bonds. The van der Waals surface area contributed by atoms with E-state index in [1.165, 1.54) is 0 Å². The number of amides is 1. The number of aliphatic hydroxyl groups is 1. The SMILES string of the molecule is CCN(CC)C(=O)[C@@H]1CCC(O)N1. The quantitative estimate of drug-likeness (QED) is 0.648. The number of hydrogen-bond acceptors (Lipinski definition) is 3. The lowest BCUT2D eigenvalue weighted by Gasteiger charge is -2.22. The van der Waals surface area contributed by atoms with Gasteiger partial charge in [0.15, 0.2) is 0 Å². The Morgan fingerprint density at radius 3 is 2.46 bits per heavy atom. The Hall–Kier alpha value is -0.610. The fraction of sp³-hybridized carbons (Fsp3) is 0.889. The van der Waals surface area contributed by atoms with E-state index < -0.39 is 6.23 Å². The molecule has 2 N–H and O–H groups in total. The zero-order chi connectivity index (χ0) is 9.84. The van der Waals surface area contributed by atoms with Gasteiger partial charge in [0.25, 0.3) is 0 Å². The Balaban J connectivity index is 2.47. The van der Waals surface area contributed by atoms with Gasteiger partial charge in [-0.1, -0.05) is 0 Å². The molecule has 0 aromatic rings. The molecule has 1 aliphatic rings. The molecular weight excluding hydrogens is 168 g/mol. The van der Waals surface area contributed by atoms with Crippen LogP contribution in [0.4, 0.5) is 0 Å². The minimum atomic E-state index is -0.496. The van der Waals surface area contributed by atoms with Crippen LogP contribution in [0.5, 0.6) is 0 Å². The van der Waals surface area contributed by atoms with Crippen molar-refractivity contribution in [1.82, 2.24) is 10.2 Å². The molecule has 0 aromatic heterocycles. The first kappa shape index (κ1) is 10.5. The number of rotatable bonds is 3. The summed E-state index contributed by atoms with van der Waals surface area (Å²) >= 11 is 0. The van der Waals surface area contributed by atoms with Gasteiger partial charge in [0.2, 0.25) is 5.91 Å². The van der Waals surface area contributed by atoms with Crippen LogP contribution < -0.4 is 5.32 Å². The van der Waals surface area contributed by atoms with Gasteiger partial charge in [-0.3, -0.25) is 10.1 Å². The average molecular weight is 186 g/mol. The zero-order valence-electron chi connectivity index (χ0n) is 8.29. The molecule has 1 aliphatic heterocycles. The number of likely N-dealkylation sites (N-methyl/N-ethyl adjacent to an activating group) is 1. The first-order valence-electron chi connectivity index (χ1n) is 4.92. The lowest BCUT2D eigenvalue weighted by Crippen LogP contribution is -2.45. The van der Waals surface area contributed by atoms with Crippen molar-refractivity contribution in [3.05, 3.63) is 0 Å². The van der Waals surface area contributed by atoms with Gasteiger partial charge in [0, 0.05) is 13.1 Å². The number of hydrogen-bond donors (Lipinski definition) is 2. The molecule has 13 heavy (non-hydrogen) atoms. The molecule has 0 saturated carbocycles. The van der Waals surface area contributed by atoms with Crippen molar-refractivity contribution in [1.29, 1.82) is 0 Å². The molecule has 2 atom stereocenters. The number of nitrogens with zero attached hydrogens (tertiary/aromatic N) is 1. The van der Waals surface area contributed by atoms with Gasteiger partial charge < -0.3 is 10.0 Å². The molecule has 1 rings (SSSR count). The Morgan fingerprint density at radius 1 is 1.46 bits per heavy atom. The Bertz CT molecular complexity index is 180. The normalized spacial score (nSPS) is 27.6. The van der Waals surface area contributed by atoms with Gasteiger partial charge in [0.1, 0.15) is 6.23 Å². The van der Waals surface area contributed by atoms with Crippen molar-refractivity contribution in [3.63, 3.8) is 0 Å². The summed E-state index contributed by atoms with van der Waals surface area (Å²) in [7, 11) is 0. The van der Waals surface area contributed by atoms with E-state index in [1.807, 2.05) is 13.8 Å². The predicted octanol–water partition coefficient (Wildman–Crippen LogP) is -0.0748. The molecule has 0 aromatic carbocycles. The highest BCUT2D eigenvalue weighted by molar-refractivity contribution is 5.82. The van der Waals surface area contributed by atoms with Crippen molar-refractivity contribution < 1.29 is 9.90 Å². The second-order valence-electron chi connectivity index (χ2n) is 3.32. The monoisotopic (exact) mass is 186 g/mol. The van der Waals surface area contributed by atoms with Gasteiger partial charge in [-0.25, -0.2) is 0 Å². The molecule has 1 heterocycles. The van der Waals surface area contributed by atoms with Gasteiger partial charge in [-0.15, -0.1) is 0 Å². The first-order chi connectivity index (χ1) is 6.19. The molecule has 1 unspecified atom stereocenters. The standard InChI is InChI=1S/C9H18N2O2/c1-3-11(4-2)9(13)7-5-6-8(12)10-7/h7-8,10,12H,3-6H2,1-2H3/t7-,8?/m0/s1. The third-order valence-corrected chi connectivity index (χ3v) is 2.50. The maximum absolute atomic E-state index is 11.7. The third kappa shape index (κ3) is 2.42. The van der Waals surface area contributed by atoms with E-state index in [0.29, 0.717) is 6.42 Å². The van der Waals surface area contributed by atoms with E-state index in [4.69, 9.17) is 0 Å². The Labute approximate surface area is 78.9 Å². The average Bonchev–Trinajstić information content (AvgIpc) is 2.54. The van der Waals surface area contributed by atoms with Crippen LogP contribution >= 0.6 is 0 Å². The highest BCUT2D eigenvalue weighted by Gasteiger charge is 2.29. The maximum atomic E-state index is 11.7. The molecule has 4 heteroatoms. The van der Waals surface area contributed by atoms with E-state index in [9.17, 15) is 9.90 Å². The van der Waals surface area contributed by atoms with Crippen molar-refractivity contribution in [3.8, 4) is 0 Å². The predicted molar refractivity (Wildman–Crippen MR) is 50.1 cm³/mol. The topological polar surface area (TPSA) is 52.6 Å². The number of carbonyl (C=O) groups excluding carboxylic acids is 1. The van der Waals surface area contributed by atoms with Crippen molar-refractivity contribution in [2.24, 2.45) is 0 Å². The molecule has 4 nitrogen and oxygen atoms in total. The highest BCUT2D eigenvalue weighted by Crippen LogP contribution is 2.12. The van der Waals surface area contributed by atoms with Crippen LogP contribution in [-0.4, -0.2) is 41.3 Å². The third-order valence-electron chi connectivity index (χ3n) is 2.50. The van der Waals surface area contributed by atoms with Gasteiger partial charge >= 0.3 is 0 Å². The largest absolute Gasteiger partial charge is 0.379 e. The summed E-state index contributed by atoms with van der Waals surface area (Å²) in [5, 5.41) is 12.1.